The van der Waals surface area contributed by atoms with Crippen molar-refractivity contribution in [2.45, 2.75) is 50.5 Å². The van der Waals surface area contributed by atoms with Crippen molar-refractivity contribution in [3.63, 3.8) is 0 Å². The smallest absolute Gasteiger partial charge is 0.0619 e. The molecule has 0 amide bonds. The molecule has 2 nitrogen and oxygen atoms in total. The van der Waals surface area contributed by atoms with Crippen LogP contribution >= 0.6 is 0 Å². The zero-order valence-corrected chi connectivity index (χ0v) is 11.4. The fourth-order valence-corrected chi connectivity index (χ4v) is 3.24. The predicted molar refractivity (Wildman–Crippen MR) is 75.8 cm³/mol. The molecule has 2 heteroatoms. The lowest BCUT2D eigenvalue weighted by molar-refractivity contribution is 0.0998. The van der Waals surface area contributed by atoms with Crippen LogP contribution in [0.4, 0.5) is 0 Å². The molecule has 1 aliphatic rings. The van der Waals surface area contributed by atoms with Crippen LogP contribution in [0.1, 0.15) is 50.5 Å². The van der Waals surface area contributed by atoms with Gasteiger partial charge in [0.1, 0.15) is 0 Å². The molecule has 1 aliphatic carbocycles. The Morgan fingerprint density at radius 2 is 2.06 bits per heavy atom. The highest BCUT2D eigenvalue weighted by atomic mass is 16.3. The number of rotatable bonds is 5. The van der Waals surface area contributed by atoms with Crippen molar-refractivity contribution in [1.29, 1.82) is 0 Å². The summed E-state index contributed by atoms with van der Waals surface area (Å²) in [6.07, 6.45) is 5.88. The molecular formula is C16H25NO. The van der Waals surface area contributed by atoms with Crippen LogP contribution in [0.25, 0.3) is 0 Å². The number of hydrogen-bond donors (Lipinski definition) is 2. The zero-order valence-electron chi connectivity index (χ0n) is 11.4. The fourth-order valence-electron chi connectivity index (χ4n) is 3.24. The molecule has 0 spiro atoms. The number of nitrogens with one attached hydrogen (secondary N) is 1. The summed E-state index contributed by atoms with van der Waals surface area (Å²) in [6.45, 7) is 3.41. The maximum atomic E-state index is 9.94. The SMILES string of the molecule is CCCNC1(CO)CCCCC1c1ccccc1. The van der Waals surface area contributed by atoms with E-state index in [4.69, 9.17) is 0 Å². The van der Waals surface area contributed by atoms with Crippen molar-refractivity contribution in [2.24, 2.45) is 0 Å². The summed E-state index contributed by atoms with van der Waals surface area (Å²) in [7, 11) is 0. The topological polar surface area (TPSA) is 32.3 Å². The minimum absolute atomic E-state index is 0.102. The third-order valence-electron chi connectivity index (χ3n) is 4.24. The van der Waals surface area contributed by atoms with E-state index in [9.17, 15) is 5.11 Å². The molecule has 1 aromatic rings. The minimum atomic E-state index is -0.102. The van der Waals surface area contributed by atoms with Gasteiger partial charge in [-0.25, -0.2) is 0 Å². The van der Waals surface area contributed by atoms with E-state index in [1.165, 1.54) is 24.8 Å². The van der Waals surface area contributed by atoms with Gasteiger partial charge in [0.05, 0.1) is 6.61 Å². The number of benzene rings is 1. The standard InChI is InChI=1S/C16H25NO/c1-2-12-17-16(13-18)11-7-6-10-15(16)14-8-4-3-5-9-14/h3-5,8-9,15,17-18H,2,6-7,10-13H2,1H3. The van der Waals surface area contributed by atoms with E-state index < -0.39 is 0 Å². The Labute approximate surface area is 110 Å². The van der Waals surface area contributed by atoms with Gasteiger partial charge >= 0.3 is 0 Å². The zero-order chi connectivity index (χ0) is 12.8. The molecule has 1 fully saturated rings. The second-order valence-electron chi connectivity index (χ2n) is 5.45. The molecule has 0 heterocycles. The van der Waals surface area contributed by atoms with E-state index in [1.807, 2.05) is 0 Å². The third kappa shape index (κ3) is 2.76. The molecular weight excluding hydrogens is 222 g/mol. The molecule has 2 N–H and O–H groups in total. The summed E-state index contributed by atoms with van der Waals surface area (Å²) < 4.78 is 0. The molecule has 1 saturated carbocycles. The lowest BCUT2D eigenvalue weighted by atomic mass is 9.70. The predicted octanol–water partition coefficient (Wildman–Crippen LogP) is 3.07. The number of aliphatic hydroxyl groups is 1. The van der Waals surface area contributed by atoms with E-state index in [0.717, 1.165) is 19.4 Å². The van der Waals surface area contributed by atoms with E-state index in [0.29, 0.717) is 5.92 Å². The van der Waals surface area contributed by atoms with Gasteiger partial charge < -0.3 is 10.4 Å². The van der Waals surface area contributed by atoms with E-state index in [2.05, 4.69) is 42.6 Å². The van der Waals surface area contributed by atoms with Crippen molar-refractivity contribution < 1.29 is 5.11 Å². The average molecular weight is 247 g/mol. The summed E-state index contributed by atoms with van der Waals surface area (Å²) in [5, 5.41) is 13.6. The van der Waals surface area contributed by atoms with Crippen LogP contribution in [0.3, 0.4) is 0 Å². The van der Waals surface area contributed by atoms with Gasteiger partial charge in [0.2, 0.25) is 0 Å². The molecule has 0 aromatic heterocycles. The van der Waals surface area contributed by atoms with Crippen LogP contribution in [0.15, 0.2) is 30.3 Å². The molecule has 0 saturated heterocycles. The second-order valence-corrected chi connectivity index (χ2v) is 5.45. The van der Waals surface area contributed by atoms with Crippen LogP contribution < -0.4 is 5.32 Å². The summed E-state index contributed by atoms with van der Waals surface area (Å²) in [4.78, 5) is 0. The molecule has 0 aliphatic heterocycles. The van der Waals surface area contributed by atoms with Crippen molar-refractivity contribution in [3.05, 3.63) is 35.9 Å². The van der Waals surface area contributed by atoms with Gasteiger partial charge in [0, 0.05) is 11.5 Å². The summed E-state index contributed by atoms with van der Waals surface area (Å²) in [6, 6.07) is 10.7. The van der Waals surface area contributed by atoms with Gasteiger partial charge in [-0.2, -0.15) is 0 Å². The van der Waals surface area contributed by atoms with Crippen molar-refractivity contribution in [1.82, 2.24) is 5.32 Å². The molecule has 1 aromatic carbocycles. The molecule has 2 unspecified atom stereocenters. The Morgan fingerprint density at radius 1 is 1.28 bits per heavy atom. The van der Waals surface area contributed by atoms with Crippen LogP contribution in [-0.2, 0) is 0 Å². The van der Waals surface area contributed by atoms with Gasteiger partial charge in [-0.05, 0) is 31.4 Å². The summed E-state index contributed by atoms with van der Waals surface area (Å²) >= 11 is 0. The second kappa shape index (κ2) is 6.35. The van der Waals surface area contributed by atoms with Gasteiger partial charge in [-0.3, -0.25) is 0 Å². The largest absolute Gasteiger partial charge is 0.394 e. The summed E-state index contributed by atoms with van der Waals surface area (Å²) in [5.74, 6) is 0.448. The Hall–Kier alpha value is -0.860. The van der Waals surface area contributed by atoms with Crippen LogP contribution in [0.5, 0.6) is 0 Å². The maximum absolute atomic E-state index is 9.94. The first-order valence-electron chi connectivity index (χ1n) is 7.23. The first-order valence-corrected chi connectivity index (χ1v) is 7.23. The lowest BCUT2D eigenvalue weighted by Crippen LogP contribution is -2.54. The lowest BCUT2D eigenvalue weighted by Gasteiger charge is -2.44. The molecule has 100 valence electrons. The van der Waals surface area contributed by atoms with Gasteiger partial charge in [0.15, 0.2) is 0 Å². The Kier molecular flexibility index (Phi) is 4.79. The molecule has 2 atom stereocenters. The minimum Gasteiger partial charge on any atom is -0.394 e. The Balaban J connectivity index is 2.23. The monoisotopic (exact) mass is 247 g/mol. The maximum Gasteiger partial charge on any atom is 0.0619 e. The van der Waals surface area contributed by atoms with Crippen LogP contribution in [0.2, 0.25) is 0 Å². The van der Waals surface area contributed by atoms with E-state index >= 15 is 0 Å². The highest BCUT2D eigenvalue weighted by molar-refractivity contribution is 5.25. The number of aliphatic hydroxyl groups excluding tert-OH is 1. The van der Waals surface area contributed by atoms with E-state index in [-0.39, 0.29) is 12.1 Å². The molecule has 0 bridgehead atoms. The third-order valence-corrected chi connectivity index (χ3v) is 4.24. The molecule has 18 heavy (non-hydrogen) atoms. The van der Waals surface area contributed by atoms with Gasteiger partial charge in [-0.15, -0.1) is 0 Å². The quantitative estimate of drug-likeness (QED) is 0.838. The summed E-state index contributed by atoms with van der Waals surface area (Å²) in [5.41, 5.74) is 1.27. The Morgan fingerprint density at radius 3 is 2.72 bits per heavy atom. The number of hydrogen-bond acceptors (Lipinski definition) is 2. The van der Waals surface area contributed by atoms with Crippen molar-refractivity contribution in [3.8, 4) is 0 Å². The molecule has 0 radical (unpaired) electrons. The highest BCUT2D eigenvalue weighted by Gasteiger charge is 2.40. The van der Waals surface area contributed by atoms with Gasteiger partial charge in [-0.1, -0.05) is 50.1 Å². The van der Waals surface area contributed by atoms with Crippen LogP contribution in [0, 0.1) is 0 Å². The average Bonchev–Trinajstić information content (AvgIpc) is 2.46. The van der Waals surface area contributed by atoms with Gasteiger partial charge in [0.25, 0.3) is 0 Å². The Bertz CT molecular complexity index is 351. The van der Waals surface area contributed by atoms with Crippen molar-refractivity contribution in [2.75, 3.05) is 13.2 Å². The first kappa shape index (κ1) is 13.6. The highest BCUT2D eigenvalue weighted by Crippen LogP contribution is 2.40. The van der Waals surface area contributed by atoms with Crippen molar-refractivity contribution >= 4 is 0 Å². The van der Waals surface area contributed by atoms with E-state index in [1.54, 1.807) is 0 Å². The molecule has 2 rings (SSSR count). The fraction of sp³-hybridized carbons (Fsp3) is 0.625. The normalized spacial score (nSPS) is 28.2. The first-order chi connectivity index (χ1) is 8.82. The van der Waals surface area contributed by atoms with Crippen LogP contribution in [-0.4, -0.2) is 23.8 Å².